The lowest BCUT2D eigenvalue weighted by molar-refractivity contribution is 0.319. The van der Waals surface area contributed by atoms with Gasteiger partial charge in [0.15, 0.2) is 0 Å². The number of oxazole rings is 1. The summed E-state index contributed by atoms with van der Waals surface area (Å²) in [6.07, 6.45) is 0.720. The first kappa shape index (κ1) is 18.2. The molecule has 0 bridgehead atoms. The standard InChI is InChI=1S/C22H26N2O2/c1-4-23-16(2)18-10-12-20(13-11-18)25-15-14-21-17(3)26-22(24-21)19-8-6-5-7-9-19/h5-13,16,23H,4,14-15H2,1-3H3. The average molecular weight is 350 g/mol. The summed E-state index contributed by atoms with van der Waals surface area (Å²) in [6, 6.07) is 18.6. The van der Waals surface area contributed by atoms with Gasteiger partial charge in [0.1, 0.15) is 11.5 Å². The van der Waals surface area contributed by atoms with E-state index in [1.54, 1.807) is 0 Å². The van der Waals surface area contributed by atoms with Crippen molar-refractivity contribution < 1.29 is 9.15 Å². The van der Waals surface area contributed by atoms with Crippen molar-refractivity contribution in [1.29, 1.82) is 0 Å². The van der Waals surface area contributed by atoms with Crippen molar-refractivity contribution in [2.75, 3.05) is 13.2 Å². The molecule has 26 heavy (non-hydrogen) atoms. The number of hydrogen-bond donors (Lipinski definition) is 1. The first-order valence-corrected chi connectivity index (χ1v) is 9.15. The number of aryl methyl sites for hydroxylation is 1. The van der Waals surface area contributed by atoms with Crippen LogP contribution in [0.25, 0.3) is 11.5 Å². The fourth-order valence-corrected chi connectivity index (χ4v) is 2.91. The number of rotatable bonds is 8. The molecule has 3 rings (SSSR count). The summed E-state index contributed by atoms with van der Waals surface area (Å²) < 4.78 is 11.7. The van der Waals surface area contributed by atoms with Crippen molar-refractivity contribution in [3.63, 3.8) is 0 Å². The van der Waals surface area contributed by atoms with E-state index in [1.807, 2.05) is 49.4 Å². The Labute approximate surface area is 155 Å². The van der Waals surface area contributed by atoms with Crippen LogP contribution in [0.3, 0.4) is 0 Å². The monoisotopic (exact) mass is 350 g/mol. The minimum Gasteiger partial charge on any atom is -0.493 e. The fourth-order valence-electron chi connectivity index (χ4n) is 2.91. The van der Waals surface area contributed by atoms with Crippen molar-refractivity contribution in [3.05, 3.63) is 71.6 Å². The van der Waals surface area contributed by atoms with E-state index in [-0.39, 0.29) is 0 Å². The highest BCUT2D eigenvalue weighted by molar-refractivity contribution is 5.53. The van der Waals surface area contributed by atoms with E-state index in [1.165, 1.54) is 5.56 Å². The van der Waals surface area contributed by atoms with E-state index < -0.39 is 0 Å². The largest absolute Gasteiger partial charge is 0.493 e. The number of benzene rings is 2. The Kier molecular flexibility index (Phi) is 6.08. The molecule has 0 fully saturated rings. The highest BCUT2D eigenvalue weighted by atomic mass is 16.5. The van der Waals surface area contributed by atoms with Gasteiger partial charge in [0.05, 0.1) is 12.3 Å². The van der Waals surface area contributed by atoms with Crippen LogP contribution in [0.4, 0.5) is 0 Å². The lowest BCUT2D eigenvalue weighted by Crippen LogP contribution is -2.17. The molecule has 2 aromatic carbocycles. The molecule has 0 aliphatic rings. The van der Waals surface area contributed by atoms with Gasteiger partial charge in [0.25, 0.3) is 0 Å². The zero-order valence-corrected chi connectivity index (χ0v) is 15.7. The molecule has 0 radical (unpaired) electrons. The van der Waals surface area contributed by atoms with E-state index in [0.717, 1.165) is 35.7 Å². The molecule has 1 heterocycles. The molecule has 0 aliphatic carbocycles. The Morgan fingerprint density at radius 1 is 1.08 bits per heavy atom. The van der Waals surface area contributed by atoms with Gasteiger partial charge in [-0.05, 0) is 50.2 Å². The maximum Gasteiger partial charge on any atom is 0.226 e. The van der Waals surface area contributed by atoms with Gasteiger partial charge < -0.3 is 14.5 Å². The third kappa shape index (κ3) is 4.52. The van der Waals surface area contributed by atoms with Crippen molar-refractivity contribution in [2.45, 2.75) is 33.2 Å². The molecule has 4 heteroatoms. The van der Waals surface area contributed by atoms with Crippen LogP contribution in [0.15, 0.2) is 59.0 Å². The zero-order chi connectivity index (χ0) is 18.4. The second kappa shape index (κ2) is 8.68. The van der Waals surface area contributed by atoms with Gasteiger partial charge >= 0.3 is 0 Å². The van der Waals surface area contributed by atoms with Gasteiger partial charge in [-0.3, -0.25) is 0 Å². The van der Waals surface area contributed by atoms with Crippen LogP contribution < -0.4 is 10.1 Å². The van der Waals surface area contributed by atoms with Crippen LogP contribution in [-0.2, 0) is 6.42 Å². The zero-order valence-electron chi connectivity index (χ0n) is 15.7. The summed E-state index contributed by atoms with van der Waals surface area (Å²) in [6.45, 7) is 7.76. The van der Waals surface area contributed by atoms with Crippen LogP contribution in [0.5, 0.6) is 5.75 Å². The molecule has 0 saturated carbocycles. The molecular weight excluding hydrogens is 324 g/mol. The highest BCUT2D eigenvalue weighted by Gasteiger charge is 2.11. The van der Waals surface area contributed by atoms with Crippen LogP contribution in [0, 0.1) is 6.92 Å². The van der Waals surface area contributed by atoms with Gasteiger partial charge in [-0.1, -0.05) is 37.3 Å². The molecule has 1 unspecified atom stereocenters. The Balaban J connectivity index is 1.56. The molecule has 0 saturated heterocycles. The normalized spacial score (nSPS) is 12.1. The molecule has 0 aliphatic heterocycles. The van der Waals surface area contributed by atoms with Crippen LogP contribution >= 0.6 is 0 Å². The number of nitrogens with zero attached hydrogens (tertiary/aromatic N) is 1. The van der Waals surface area contributed by atoms with Crippen molar-refractivity contribution in [1.82, 2.24) is 10.3 Å². The average Bonchev–Trinajstić information content (AvgIpc) is 3.04. The summed E-state index contributed by atoms with van der Waals surface area (Å²) >= 11 is 0. The van der Waals surface area contributed by atoms with Crippen molar-refractivity contribution in [3.8, 4) is 17.2 Å². The predicted molar refractivity (Wildman–Crippen MR) is 104 cm³/mol. The molecule has 0 amide bonds. The summed E-state index contributed by atoms with van der Waals surface area (Å²) in [7, 11) is 0. The van der Waals surface area contributed by atoms with Gasteiger partial charge in [-0.2, -0.15) is 0 Å². The molecule has 136 valence electrons. The highest BCUT2D eigenvalue weighted by Crippen LogP contribution is 2.22. The van der Waals surface area contributed by atoms with Gasteiger partial charge in [0, 0.05) is 18.0 Å². The Bertz CT molecular complexity index is 810. The first-order chi connectivity index (χ1) is 12.7. The quantitative estimate of drug-likeness (QED) is 0.625. The lowest BCUT2D eigenvalue weighted by Gasteiger charge is -2.13. The summed E-state index contributed by atoms with van der Waals surface area (Å²) in [4.78, 5) is 4.61. The SMILES string of the molecule is CCNC(C)c1ccc(OCCc2nc(-c3ccccc3)oc2C)cc1. The molecule has 0 spiro atoms. The minimum atomic E-state index is 0.350. The molecule has 3 aromatic rings. The number of aromatic nitrogens is 1. The molecule has 1 aromatic heterocycles. The molecule has 4 nitrogen and oxygen atoms in total. The summed E-state index contributed by atoms with van der Waals surface area (Å²) in [5, 5.41) is 3.41. The van der Waals surface area contributed by atoms with Crippen molar-refractivity contribution in [2.24, 2.45) is 0 Å². The number of hydrogen-bond acceptors (Lipinski definition) is 4. The van der Waals surface area contributed by atoms with Crippen molar-refractivity contribution >= 4 is 0 Å². The topological polar surface area (TPSA) is 47.3 Å². The fraction of sp³-hybridized carbons (Fsp3) is 0.318. The van der Waals surface area contributed by atoms with Gasteiger partial charge in [0.2, 0.25) is 5.89 Å². The minimum absolute atomic E-state index is 0.350. The van der Waals surface area contributed by atoms with Crippen LogP contribution in [0.1, 0.15) is 36.9 Å². The molecular formula is C22H26N2O2. The third-order valence-electron chi connectivity index (χ3n) is 4.41. The van der Waals surface area contributed by atoms with Crippen LogP contribution in [0.2, 0.25) is 0 Å². The van der Waals surface area contributed by atoms with E-state index in [0.29, 0.717) is 18.5 Å². The molecule has 1 N–H and O–H groups in total. The van der Waals surface area contributed by atoms with E-state index >= 15 is 0 Å². The first-order valence-electron chi connectivity index (χ1n) is 9.15. The van der Waals surface area contributed by atoms with Crippen LogP contribution in [-0.4, -0.2) is 18.1 Å². The smallest absolute Gasteiger partial charge is 0.226 e. The van der Waals surface area contributed by atoms with Gasteiger partial charge in [-0.15, -0.1) is 0 Å². The lowest BCUT2D eigenvalue weighted by atomic mass is 10.1. The maximum atomic E-state index is 5.87. The van der Waals surface area contributed by atoms with E-state index in [9.17, 15) is 0 Å². The summed E-state index contributed by atoms with van der Waals surface area (Å²) in [5.41, 5.74) is 3.20. The number of ether oxygens (including phenoxy) is 1. The van der Waals surface area contributed by atoms with Gasteiger partial charge in [-0.25, -0.2) is 4.98 Å². The maximum absolute atomic E-state index is 5.87. The summed E-state index contributed by atoms with van der Waals surface area (Å²) in [5.74, 6) is 2.39. The van der Waals surface area contributed by atoms with E-state index in [4.69, 9.17) is 9.15 Å². The second-order valence-corrected chi connectivity index (χ2v) is 6.33. The Hall–Kier alpha value is -2.59. The second-order valence-electron chi connectivity index (χ2n) is 6.33. The Morgan fingerprint density at radius 2 is 1.81 bits per heavy atom. The van der Waals surface area contributed by atoms with E-state index in [2.05, 4.69) is 36.3 Å². The number of nitrogens with one attached hydrogen (secondary N) is 1. The Morgan fingerprint density at radius 3 is 2.50 bits per heavy atom. The predicted octanol–water partition coefficient (Wildman–Crippen LogP) is 4.94. The molecule has 1 atom stereocenters. The third-order valence-corrected chi connectivity index (χ3v) is 4.41.